The van der Waals surface area contributed by atoms with Gasteiger partial charge >= 0.3 is 0 Å². The van der Waals surface area contributed by atoms with E-state index in [1.807, 2.05) is 25.2 Å². The molecule has 0 N–H and O–H groups in total. The van der Waals surface area contributed by atoms with Gasteiger partial charge in [-0.1, -0.05) is 30.4 Å². The van der Waals surface area contributed by atoms with Crippen LogP contribution < -0.4 is 0 Å². The van der Waals surface area contributed by atoms with Crippen molar-refractivity contribution in [3.8, 4) is 11.8 Å². The zero-order valence-corrected chi connectivity index (χ0v) is 15.1. The molecule has 2 aliphatic heterocycles. The number of carbonyl (C=O) groups excluding carboxylic acids is 2. The van der Waals surface area contributed by atoms with Gasteiger partial charge in [0, 0.05) is 24.7 Å². The predicted molar refractivity (Wildman–Crippen MR) is 98.3 cm³/mol. The number of Topliss-reactive ketones (excluding diaryl/α,β-unsaturated/α-hetero) is 1. The van der Waals surface area contributed by atoms with E-state index < -0.39 is 0 Å². The van der Waals surface area contributed by atoms with Crippen LogP contribution in [0.5, 0.6) is 0 Å². The second-order valence-corrected chi connectivity index (χ2v) is 7.17. The fourth-order valence-electron chi connectivity index (χ4n) is 3.71. The first-order valence-corrected chi connectivity index (χ1v) is 9.16. The highest BCUT2D eigenvalue weighted by Gasteiger charge is 2.37. The van der Waals surface area contributed by atoms with Crippen molar-refractivity contribution in [2.75, 3.05) is 26.7 Å². The van der Waals surface area contributed by atoms with Crippen LogP contribution in [0.15, 0.2) is 24.3 Å². The molecule has 2 saturated heterocycles. The highest BCUT2D eigenvalue weighted by Crippen LogP contribution is 2.25. The third-order valence-electron chi connectivity index (χ3n) is 5.25. The van der Waals surface area contributed by atoms with Gasteiger partial charge in [-0.25, -0.2) is 0 Å². The Hall–Kier alpha value is -2.12. The summed E-state index contributed by atoms with van der Waals surface area (Å²) in [5, 5.41) is 0. The number of nitrogens with zero attached hydrogens (tertiary/aromatic N) is 2. The fraction of sp³-hybridized carbons (Fsp3) is 0.524. The van der Waals surface area contributed by atoms with E-state index in [0.29, 0.717) is 5.56 Å². The molecule has 0 aliphatic carbocycles. The molecule has 3 rings (SSSR count). The van der Waals surface area contributed by atoms with Crippen molar-refractivity contribution < 1.29 is 9.59 Å². The Balaban J connectivity index is 1.66. The zero-order valence-electron chi connectivity index (χ0n) is 15.1. The lowest BCUT2D eigenvalue weighted by Crippen LogP contribution is -2.37. The Morgan fingerprint density at radius 2 is 2.00 bits per heavy atom. The molecule has 2 heterocycles. The monoisotopic (exact) mass is 338 g/mol. The molecule has 2 unspecified atom stereocenters. The molecule has 2 atom stereocenters. The van der Waals surface area contributed by atoms with Gasteiger partial charge in [0.25, 0.3) is 0 Å². The average Bonchev–Trinajstić information content (AvgIpc) is 2.89. The van der Waals surface area contributed by atoms with Gasteiger partial charge in [0.05, 0.1) is 12.0 Å². The summed E-state index contributed by atoms with van der Waals surface area (Å²) in [6, 6.07) is 7.33. The fourth-order valence-corrected chi connectivity index (χ4v) is 3.71. The number of carbonyl (C=O) groups is 2. The largest absolute Gasteiger partial charge is 0.332 e. The van der Waals surface area contributed by atoms with Crippen molar-refractivity contribution in [1.82, 2.24) is 9.80 Å². The lowest BCUT2D eigenvalue weighted by atomic mass is 10.0. The van der Waals surface area contributed by atoms with Crippen LogP contribution >= 0.6 is 0 Å². The minimum atomic E-state index is -0.0386. The van der Waals surface area contributed by atoms with Gasteiger partial charge in [-0.15, -0.1) is 0 Å². The Kier molecular flexibility index (Phi) is 5.55. The molecule has 1 aromatic carbocycles. The third kappa shape index (κ3) is 4.29. The van der Waals surface area contributed by atoms with Crippen LogP contribution in [0.2, 0.25) is 0 Å². The van der Waals surface area contributed by atoms with Gasteiger partial charge in [-0.2, -0.15) is 0 Å². The molecule has 0 radical (unpaired) electrons. The lowest BCUT2D eigenvalue weighted by Gasteiger charge is -2.28. The van der Waals surface area contributed by atoms with E-state index in [0.717, 1.165) is 31.6 Å². The normalized spacial score (nSPS) is 24.1. The minimum absolute atomic E-state index is 0.0386. The second kappa shape index (κ2) is 7.84. The number of ketones is 1. The van der Waals surface area contributed by atoms with Crippen LogP contribution in [-0.4, -0.2) is 54.2 Å². The number of hydrogen-bond donors (Lipinski definition) is 0. The second-order valence-electron chi connectivity index (χ2n) is 7.17. The maximum atomic E-state index is 12.5. The van der Waals surface area contributed by atoms with Crippen LogP contribution in [0.25, 0.3) is 0 Å². The first-order valence-electron chi connectivity index (χ1n) is 9.16. The summed E-state index contributed by atoms with van der Waals surface area (Å²) in [6.07, 6.45) is 4.59. The summed E-state index contributed by atoms with van der Waals surface area (Å²) in [5.74, 6) is 6.70. The number of likely N-dealkylation sites (tertiary alicyclic amines) is 2. The quantitative estimate of drug-likeness (QED) is 0.628. The number of benzene rings is 1. The minimum Gasteiger partial charge on any atom is -0.332 e. The highest BCUT2D eigenvalue weighted by atomic mass is 16.2. The summed E-state index contributed by atoms with van der Waals surface area (Å²) in [4.78, 5) is 28.2. The van der Waals surface area contributed by atoms with Crippen LogP contribution in [0.1, 0.15) is 48.5 Å². The van der Waals surface area contributed by atoms with Crippen LogP contribution in [0, 0.1) is 17.8 Å². The Morgan fingerprint density at radius 1 is 1.24 bits per heavy atom. The van der Waals surface area contributed by atoms with Crippen molar-refractivity contribution in [2.45, 2.75) is 38.6 Å². The molecule has 2 aliphatic rings. The molecule has 1 amide bonds. The van der Waals surface area contributed by atoms with E-state index in [-0.39, 0.29) is 23.7 Å². The van der Waals surface area contributed by atoms with Gasteiger partial charge in [-0.05, 0) is 51.4 Å². The van der Waals surface area contributed by atoms with Gasteiger partial charge < -0.3 is 9.80 Å². The van der Waals surface area contributed by atoms with Gasteiger partial charge in [0.15, 0.2) is 5.78 Å². The molecule has 0 saturated carbocycles. The lowest BCUT2D eigenvalue weighted by molar-refractivity contribution is -0.130. The topological polar surface area (TPSA) is 40.6 Å². The highest BCUT2D eigenvalue weighted by molar-refractivity contribution is 5.94. The summed E-state index contributed by atoms with van der Waals surface area (Å²) in [7, 11) is 1.85. The molecular formula is C21H26N2O2. The molecule has 0 aromatic heterocycles. The summed E-state index contributed by atoms with van der Waals surface area (Å²) < 4.78 is 0. The standard InChI is InChI=1S/C21H26N2O2/c1-16(24)18-8-6-7-17(13-18)9-10-20-14-19(21(25)22(20)2)15-23-11-4-3-5-12-23/h6-8,13,19-20H,3-5,11-12,14-15H2,1-2H3. The first kappa shape index (κ1) is 17.7. The molecule has 0 spiro atoms. The average molecular weight is 338 g/mol. The van der Waals surface area contributed by atoms with E-state index in [1.165, 1.54) is 19.3 Å². The van der Waals surface area contributed by atoms with Crippen molar-refractivity contribution in [1.29, 1.82) is 0 Å². The van der Waals surface area contributed by atoms with Crippen LogP contribution in [-0.2, 0) is 4.79 Å². The number of amides is 1. The molecular weight excluding hydrogens is 312 g/mol. The van der Waals surface area contributed by atoms with E-state index >= 15 is 0 Å². The maximum absolute atomic E-state index is 12.5. The molecule has 0 bridgehead atoms. The van der Waals surface area contributed by atoms with Crippen LogP contribution in [0.4, 0.5) is 0 Å². The summed E-state index contributed by atoms with van der Waals surface area (Å²) >= 11 is 0. The Morgan fingerprint density at radius 3 is 2.72 bits per heavy atom. The molecule has 4 heteroatoms. The number of rotatable bonds is 3. The molecule has 2 fully saturated rings. The molecule has 1 aromatic rings. The molecule has 25 heavy (non-hydrogen) atoms. The Labute approximate surface area is 150 Å². The SMILES string of the molecule is CC(=O)c1cccc(C#CC2CC(CN3CCCCC3)C(=O)N2C)c1. The van der Waals surface area contributed by atoms with Crippen LogP contribution in [0.3, 0.4) is 0 Å². The maximum Gasteiger partial charge on any atom is 0.227 e. The van der Waals surface area contributed by atoms with Crippen molar-refractivity contribution in [3.63, 3.8) is 0 Å². The van der Waals surface area contributed by atoms with Crippen molar-refractivity contribution in [2.24, 2.45) is 5.92 Å². The van der Waals surface area contributed by atoms with E-state index in [9.17, 15) is 9.59 Å². The third-order valence-corrected chi connectivity index (χ3v) is 5.25. The molecule has 132 valence electrons. The van der Waals surface area contributed by atoms with Crippen molar-refractivity contribution >= 4 is 11.7 Å². The summed E-state index contributed by atoms with van der Waals surface area (Å²) in [6.45, 7) is 4.64. The van der Waals surface area contributed by atoms with Gasteiger partial charge in [0.2, 0.25) is 5.91 Å². The van der Waals surface area contributed by atoms with E-state index in [4.69, 9.17) is 0 Å². The van der Waals surface area contributed by atoms with E-state index in [1.54, 1.807) is 17.9 Å². The zero-order chi connectivity index (χ0) is 17.8. The number of piperidine rings is 1. The summed E-state index contributed by atoms with van der Waals surface area (Å²) in [5.41, 5.74) is 1.50. The van der Waals surface area contributed by atoms with E-state index in [2.05, 4.69) is 16.7 Å². The van der Waals surface area contributed by atoms with Gasteiger partial charge in [-0.3, -0.25) is 9.59 Å². The first-order chi connectivity index (χ1) is 12.0. The molecule has 4 nitrogen and oxygen atoms in total. The smallest absolute Gasteiger partial charge is 0.227 e. The van der Waals surface area contributed by atoms with Crippen molar-refractivity contribution in [3.05, 3.63) is 35.4 Å². The Bertz CT molecular complexity index is 710. The predicted octanol–water partition coefficient (Wildman–Crippen LogP) is 2.57. The number of hydrogen-bond acceptors (Lipinski definition) is 3. The van der Waals surface area contributed by atoms with Gasteiger partial charge in [0.1, 0.15) is 0 Å².